The first-order valence-corrected chi connectivity index (χ1v) is 5.17. The predicted molar refractivity (Wildman–Crippen MR) is 64.6 cm³/mol. The van der Waals surface area contributed by atoms with Crippen molar-refractivity contribution in [2.24, 2.45) is 7.05 Å². The van der Waals surface area contributed by atoms with Crippen molar-refractivity contribution in [1.82, 2.24) is 9.55 Å². The largest absolute Gasteiger partial charge is 0.337 e. The van der Waals surface area contributed by atoms with E-state index in [1.165, 1.54) is 11.3 Å². The molecule has 0 N–H and O–H groups in total. The number of rotatable bonds is 4. The van der Waals surface area contributed by atoms with E-state index in [0.717, 1.165) is 6.42 Å². The average molecular weight is 202 g/mol. The first kappa shape index (κ1) is 11.5. The molecule has 15 heavy (non-hydrogen) atoms. The van der Waals surface area contributed by atoms with Crippen molar-refractivity contribution in [3.8, 4) is 0 Å². The van der Waals surface area contributed by atoms with Gasteiger partial charge in [-0.25, -0.2) is 4.98 Å². The van der Waals surface area contributed by atoms with Crippen LogP contribution in [0.4, 0.5) is 0 Å². The molecular weight excluding hydrogens is 184 g/mol. The average Bonchev–Trinajstić information content (AvgIpc) is 2.61. The van der Waals surface area contributed by atoms with Crippen LogP contribution < -0.4 is 0 Å². The number of imidazole rings is 1. The van der Waals surface area contributed by atoms with Crippen LogP contribution in [0.1, 0.15) is 19.5 Å². The smallest absolute Gasteiger partial charge is 0.0945 e. The van der Waals surface area contributed by atoms with Crippen LogP contribution in [0.5, 0.6) is 0 Å². The van der Waals surface area contributed by atoms with Gasteiger partial charge in [0.05, 0.1) is 6.33 Å². The highest BCUT2D eigenvalue weighted by Crippen LogP contribution is 2.08. The predicted octanol–water partition coefficient (Wildman–Crippen LogP) is 3.04. The molecule has 0 aliphatic carbocycles. The molecule has 0 fully saturated rings. The molecule has 0 aliphatic rings. The Labute approximate surface area is 91.7 Å². The van der Waals surface area contributed by atoms with Gasteiger partial charge in [-0.05, 0) is 19.4 Å². The van der Waals surface area contributed by atoms with Gasteiger partial charge in [0.1, 0.15) is 0 Å². The van der Waals surface area contributed by atoms with E-state index in [0.29, 0.717) is 0 Å². The second-order valence-corrected chi connectivity index (χ2v) is 3.44. The fourth-order valence-electron chi connectivity index (χ4n) is 1.37. The van der Waals surface area contributed by atoms with E-state index in [4.69, 9.17) is 0 Å². The normalized spacial score (nSPS) is 13.1. The summed E-state index contributed by atoms with van der Waals surface area (Å²) in [6, 6.07) is 0. The van der Waals surface area contributed by atoms with Gasteiger partial charge >= 0.3 is 0 Å². The third kappa shape index (κ3) is 3.58. The number of hydrogen-bond donors (Lipinski definition) is 0. The van der Waals surface area contributed by atoms with Crippen LogP contribution in [-0.2, 0) is 13.5 Å². The molecule has 1 heterocycles. The molecule has 2 nitrogen and oxygen atoms in total. The van der Waals surface area contributed by atoms with Gasteiger partial charge in [0.15, 0.2) is 0 Å². The third-order valence-corrected chi connectivity index (χ3v) is 2.19. The summed E-state index contributed by atoms with van der Waals surface area (Å²) < 4.78 is 2.05. The molecule has 80 valence electrons. The molecule has 0 radical (unpaired) electrons. The van der Waals surface area contributed by atoms with Crippen LogP contribution in [0.3, 0.4) is 0 Å². The van der Waals surface area contributed by atoms with Gasteiger partial charge in [0, 0.05) is 25.4 Å². The maximum atomic E-state index is 4.11. The van der Waals surface area contributed by atoms with E-state index < -0.39 is 0 Å². The lowest BCUT2D eigenvalue weighted by Crippen LogP contribution is -1.96. The first-order chi connectivity index (χ1) is 7.27. The topological polar surface area (TPSA) is 17.8 Å². The van der Waals surface area contributed by atoms with Crippen LogP contribution in [0.2, 0.25) is 0 Å². The minimum absolute atomic E-state index is 0.922. The summed E-state index contributed by atoms with van der Waals surface area (Å²) in [5.74, 6) is 0. The Morgan fingerprint density at radius 3 is 2.73 bits per heavy atom. The van der Waals surface area contributed by atoms with Gasteiger partial charge in [0.2, 0.25) is 0 Å². The quantitative estimate of drug-likeness (QED) is 0.686. The highest BCUT2D eigenvalue weighted by atomic mass is 15.0. The van der Waals surface area contributed by atoms with E-state index in [-0.39, 0.29) is 0 Å². The molecule has 0 aromatic carbocycles. The van der Waals surface area contributed by atoms with E-state index >= 15 is 0 Å². The van der Waals surface area contributed by atoms with E-state index in [2.05, 4.69) is 29.3 Å². The van der Waals surface area contributed by atoms with E-state index in [1.54, 1.807) is 0 Å². The van der Waals surface area contributed by atoms with Gasteiger partial charge < -0.3 is 4.57 Å². The summed E-state index contributed by atoms with van der Waals surface area (Å²) in [5, 5.41) is 0. The summed E-state index contributed by atoms with van der Waals surface area (Å²) in [5.41, 5.74) is 2.52. The lowest BCUT2D eigenvalue weighted by Gasteiger charge is -2.02. The van der Waals surface area contributed by atoms with Crippen molar-refractivity contribution in [3.05, 3.63) is 54.2 Å². The summed E-state index contributed by atoms with van der Waals surface area (Å²) in [6.45, 7) is 4.06. The van der Waals surface area contributed by atoms with Gasteiger partial charge in [-0.2, -0.15) is 0 Å². The number of aryl methyl sites for hydroxylation is 1. The maximum Gasteiger partial charge on any atom is 0.0945 e. The Bertz CT molecular complexity index is 381. The molecule has 1 aromatic heterocycles. The molecule has 0 atom stereocenters. The van der Waals surface area contributed by atoms with E-state index in [9.17, 15) is 0 Å². The zero-order chi connectivity index (χ0) is 11.1. The molecule has 1 aromatic rings. The third-order valence-electron chi connectivity index (χ3n) is 2.19. The molecule has 1 rings (SSSR count). The number of hydrogen-bond acceptors (Lipinski definition) is 1. The van der Waals surface area contributed by atoms with Gasteiger partial charge in [-0.1, -0.05) is 30.4 Å². The van der Waals surface area contributed by atoms with Crippen LogP contribution in [-0.4, -0.2) is 9.55 Å². The molecule has 0 bridgehead atoms. The fourth-order valence-corrected chi connectivity index (χ4v) is 1.37. The van der Waals surface area contributed by atoms with Crippen molar-refractivity contribution in [1.29, 1.82) is 0 Å². The zero-order valence-electron chi connectivity index (χ0n) is 9.64. The Kier molecular flexibility index (Phi) is 4.61. The molecule has 0 saturated heterocycles. The van der Waals surface area contributed by atoms with Crippen molar-refractivity contribution < 1.29 is 0 Å². The van der Waals surface area contributed by atoms with Gasteiger partial charge in [-0.3, -0.25) is 0 Å². The Morgan fingerprint density at radius 2 is 2.20 bits per heavy atom. The lowest BCUT2D eigenvalue weighted by molar-refractivity contribution is 0.844. The van der Waals surface area contributed by atoms with Crippen molar-refractivity contribution in [2.45, 2.75) is 20.3 Å². The molecule has 2 heteroatoms. The second kappa shape index (κ2) is 6.02. The minimum atomic E-state index is 0.922. The minimum Gasteiger partial charge on any atom is -0.337 e. The van der Waals surface area contributed by atoms with Crippen LogP contribution in [0, 0.1) is 0 Å². The highest BCUT2D eigenvalue weighted by Gasteiger charge is 1.99. The second-order valence-electron chi connectivity index (χ2n) is 3.44. The molecule has 0 saturated carbocycles. The van der Waals surface area contributed by atoms with Crippen molar-refractivity contribution in [3.63, 3.8) is 0 Å². The maximum absolute atomic E-state index is 4.11. The number of nitrogens with zero attached hydrogens (tertiary/aromatic N) is 2. The zero-order valence-corrected chi connectivity index (χ0v) is 9.64. The fraction of sp³-hybridized carbons (Fsp3) is 0.308. The summed E-state index contributed by atoms with van der Waals surface area (Å²) >= 11 is 0. The van der Waals surface area contributed by atoms with Gasteiger partial charge in [0.25, 0.3) is 0 Å². The Hall–Kier alpha value is -1.57. The highest BCUT2D eigenvalue weighted by molar-refractivity contribution is 5.27. The lowest BCUT2D eigenvalue weighted by atomic mass is 10.1. The van der Waals surface area contributed by atoms with Gasteiger partial charge in [-0.15, -0.1) is 0 Å². The molecule has 0 unspecified atom stereocenters. The molecule has 0 amide bonds. The first-order valence-electron chi connectivity index (χ1n) is 5.17. The molecule has 0 spiro atoms. The standard InChI is InChI=1S/C13H18N2/c1-4-6-8-12(7-5-2)9-13-10-14-11-15(13)3/h4-8,10-11H,9H2,1-3H3/b6-4-,7-5-,12-8+. The van der Waals surface area contributed by atoms with Crippen LogP contribution >= 0.6 is 0 Å². The SMILES string of the molecule is C\C=C/C=C(\C=C/C)Cc1cncn1C. The number of allylic oxidation sites excluding steroid dienone is 6. The monoisotopic (exact) mass is 202 g/mol. The number of aromatic nitrogens is 2. The van der Waals surface area contributed by atoms with Crippen LogP contribution in [0.15, 0.2) is 48.5 Å². The van der Waals surface area contributed by atoms with Crippen LogP contribution in [0.25, 0.3) is 0 Å². The summed E-state index contributed by atoms with van der Waals surface area (Å²) in [6.07, 6.45) is 15.1. The molecule has 0 aliphatic heterocycles. The Morgan fingerprint density at radius 1 is 1.40 bits per heavy atom. The van der Waals surface area contributed by atoms with Crippen molar-refractivity contribution >= 4 is 0 Å². The summed E-state index contributed by atoms with van der Waals surface area (Å²) in [7, 11) is 2.02. The summed E-state index contributed by atoms with van der Waals surface area (Å²) in [4.78, 5) is 4.11. The van der Waals surface area contributed by atoms with Crippen molar-refractivity contribution in [2.75, 3.05) is 0 Å². The molecular formula is C13H18N2. The van der Waals surface area contributed by atoms with E-state index in [1.807, 2.05) is 44.1 Å². The Balaban J connectivity index is 2.80.